The van der Waals surface area contributed by atoms with Crippen LogP contribution in [-0.2, 0) is 7.05 Å². The van der Waals surface area contributed by atoms with Crippen LogP contribution in [0, 0.1) is 6.92 Å². The molecule has 7 heteroatoms. The summed E-state index contributed by atoms with van der Waals surface area (Å²) in [5, 5.41) is 29.3. The normalized spacial score (nSPS) is 29.8. The Morgan fingerprint density at radius 3 is 2.81 bits per heavy atom. The van der Waals surface area contributed by atoms with E-state index in [2.05, 4.69) is 4.98 Å². The van der Waals surface area contributed by atoms with Gasteiger partial charge in [-0.3, -0.25) is 0 Å². The first-order valence-electron chi connectivity index (χ1n) is 6.73. The second kappa shape index (κ2) is 5.49. The van der Waals surface area contributed by atoms with Crippen molar-refractivity contribution in [3.8, 4) is 5.75 Å². The summed E-state index contributed by atoms with van der Waals surface area (Å²) in [5.41, 5.74) is 1.04. The van der Waals surface area contributed by atoms with Crippen LogP contribution in [0.5, 0.6) is 5.75 Å². The maximum absolute atomic E-state index is 10.0. The highest BCUT2D eigenvalue weighted by atomic mass is 32.2. The van der Waals surface area contributed by atoms with Crippen molar-refractivity contribution in [2.45, 2.75) is 30.7 Å². The molecule has 0 amide bonds. The van der Waals surface area contributed by atoms with Crippen LogP contribution in [0.1, 0.15) is 5.82 Å². The first-order chi connectivity index (χ1) is 9.99. The average molecular weight is 310 g/mol. The minimum absolute atomic E-state index is 0.320. The third-order valence-electron chi connectivity index (χ3n) is 3.80. The number of benzene rings is 1. The highest BCUT2D eigenvalue weighted by molar-refractivity contribution is 7.99. The van der Waals surface area contributed by atoms with Gasteiger partial charge < -0.3 is 24.6 Å². The minimum atomic E-state index is -1.19. The number of para-hydroxylation sites is 1. The summed E-state index contributed by atoms with van der Waals surface area (Å²) < 4.78 is 7.80. The first-order valence-corrected chi connectivity index (χ1v) is 7.78. The number of aryl methyl sites for hydroxylation is 2. The van der Waals surface area contributed by atoms with Crippen molar-refractivity contribution in [2.75, 3.05) is 5.75 Å². The monoisotopic (exact) mass is 310 g/mol. The van der Waals surface area contributed by atoms with E-state index in [0.717, 1.165) is 16.9 Å². The number of imidazole rings is 1. The molecule has 2 aromatic rings. The van der Waals surface area contributed by atoms with Gasteiger partial charge in [0.2, 0.25) is 0 Å². The quantitative estimate of drug-likeness (QED) is 0.745. The van der Waals surface area contributed by atoms with Crippen molar-refractivity contribution in [3.05, 3.63) is 24.0 Å². The van der Waals surface area contributed by atoms with Crippen LogP contribution in [0.2, 0.25) is 0 Å². The Bertz CT molecular complexity index is 660. The standard InChI is InChI=1S/C14H18N2O4S/c1-7-15-11-8(16(7)2)4-3-5-10(11)20-14-13(19)12(18)9(17)6-21-14/h3-5,9,12-14,17-19H,6H2,1-2H3/t9-,12+,13-,14+/m1/s1. The highest BCUT2D eigenvalue weighted by Gasteiger charge is 2.38. The molecule has 1 aliphatic heterocycles. The lowest BCUT2D eigenvalue weighted by atomic mass is 10.1. The molecule has 2 heterocycles. The lowest BCUT2D eigenvalue weighted by molar-refractivity contribution is -0.0784. The third kappa shape index (κ3) is 2.50. The Labute approximate surface area is 126 Å². The van der Waals surface area contributed by atoms with Gasteiger partial charge in [0.15, 0.2) is 5.44 Å². The van der Waals surface area contributed by atoms with Gasteiger partial charge in [0.1, 0.15) is 29.3 Å². The second-order valence-electron chi connectivity index (χ2n) is 5.21. The van der Waals surface area contributed by atoms with Gasteiger partial charge in [0.25, 0.3) is 0 Å². The molecule has 114 valence electrons. The van der Waals surface area contributed by atoms with E-state index >= 15 is 0 Å². The minimum Gasteiger partial charge on any atom is -0.475 e. The molecule has 4 atom stereocenters. The molecule has 0 unspecified atom stereocenters. The van der Waals surface area contributed by atoms with Gasteiger partial charge in [-0.25, -0.2) is 4.98 Å². The largest absolute Gasteiger partial charge is 0.475 e. The van der Waals surface area contributed by atoms with Crippen molar-refractivity contribution in [2.24, 2.45) is 7.05 Å². The summed E-state index contributed by atoms with van der Waals surface area (Å²) in [7, 11) is 1.93. The van der Waals surface area contributed by atoms with Crippen molar-refractivity contribution in [3.63, 3.8) is 0 Å². The SMILES string of the molecule is Cc1nc2c(O[C@H]3SC[C@@H](O)[C@H](O)[C@H]3O)cccc2n1C. The van der Waals surface area contributed by atoms with E-state index in [0.29, 0.717) is 11.5 Å². The first kappa shape index (κ1) is 14.6. The molecular formula is C14H18N2O4S. The van der Waals surface area contributed by atoms with E-state index in [-0.39, 0.29) is 0 Å². The summed E-state index contributed by atoms with van der Waals surface area (Å²) >= 11 is 1.28. The number of aliphatic hydroxyl groups excluding tert-OH is 3. The van der Waals surface area contributed by atoms with Crippen molar-refractivity contribution in [1.29, 1.82) is 0 Å². The molecule has 1 aliphatic rings. The molecule has 1 aromatic heterocycles. The fraction of sp³-hybridized carbons (Fsp3) is 0.500. The van der Waals surface area contributed by atoms with Crippen molar-refractivity contribution < 1.29 is 20.1 Å². The number of hydrogen-bond acceptors (Lipinski definition) is 6. The van der Waals surface area contributed by atoms with Gasteiger partial charge in [-0.2, -0.15) is 0 Å². The van der Waals surface area contributed by atoms with Gasteiger partial charge in [0, 0.05) is 12.8 Å². The average Bonchev–Trinajstić information content (AvgIpc) is 2.76. The fourth-order valence-electron chi connectivity index (χ4n) is 2.41. The van der Waals surface area contributed by atoms with Crippen LogP contribution in [0.4, 0.5) is 0 Å². The van der Waals surface area contributed by atoms with Crippen LogP contribution in [-0.4, -0.2) is 54.4 Å². The van der Waals surface area contributed by atoms with Crippen LogP contribution < -0.4 is 4.74 Å². The Hall–Kier alpha value is -1.28. The zero-order valence-corrected chi connectivity index (χ0v) is 12.6. The lowest BCUT2D eigenvalue weighted by Gasteiger charge is -2.34. The number of thioether (sulfide) groups is 1. The van der Waals surface area contributed by atoms with Crippen molar-refractivity contribution in [1.82, 2.24) is 9.55 Å². The van der Waals surface area contributed by atoms with Crippen LogP contribution in [0.25, 0.3) is 11.0 Å². The van der Waals surface area contributed by atoms with E-state index < -0.39 is 23.7 Å². The highest BCUT2D eigenvalue weighted by Crippen LogP contribution is 2.32. The van der Waals surface area contributed by atoms with E-state index in [4.69, 9.17) is 4.74 Å². The number of rotatable bonds is 2. The van der Waals surface area contributed by atoms with Gasteiger partial charge in [-0.1, -0.05) is 6.07 Å². The molecule has 0 radical (unpaired) electrons. The molecule has 21 heavy (non-hydrogen) atoms. The molecule has 6 nitrogen and oxygen atoms in total. The zero-order valence-electron chi connectivity index (χ0n) is 11.8. The smallest absolute Gasteiger partial charge is 0.173 e. The third-order valence-corrected chi connectivity index (χ3v) is 5.03. The van der Waals surface area contributed by atoms with E-state index in [9.17, 15) is 15.3 Å². The van der Waals surface area contributed by atoms with Crippen LogP contribution in [0.15, 0.2) is 18.2 Å². The molecule has 3 rings (SSSR count). The summed E-state index contributed by atoms with van der Waals surface area (Å²) in [6, 6.07) is 5.61. The Kier molecular flexibility index (Phi) is 3.83. The second-order valence-corrected chi connectivity index (χ2v) is 6.34. The number of aromatic nitrogens is 2. The number of hydrogen-bond donors (Lipinski definition) is 3. The van der Waals surface area contributed by atoms with Gasteiger partial charge >= 0.3 is 0 Å². The summed E-state index contributed by atoms with van der Waals surface area (Å²) in [6.07, 6.45) is -3.27. The summed E-state index contributed by atoms with van der Waals surface area (Å²) in [5.74, 6) is 1.75. The molecular weight excluding hydrogens is 292 g/mol. The fourth-order valence-corrected chi connectivity index (χ4v) is 3.52. The molecule has 0 saturated carbocycles. The lowest BCUT2D eigenvalue weighted by Crippen LogP contribution is -2.50. The molecule has 1 saturated heterocycles. The van der Waals surface area contributed by atoms with E-state index in [1.807, 2.05) is 30.7 Å². The Morgan fingerprint density at radius 1 is 1.29 bits per heavy atom. The molecule has 0 spiro atoms. The Balaban J connectivity index is 1.90. The van der Waals surface area contributed by atoms with Gasteiger partial charge in [-0.05, 0) is 19.1 Å². The van der Waals surface area contributed by atoms with Gasteiger partial charge in [0.05, 0.1) is 11.6 Å². The molecule has 1 aromatic carbocycles. The molecule has 0 aliphatic carbocycles. The molecule has 1 fully saturated rings. The Morgan fingerprint density at radius 2 is 2.05 bits per heavy atom. The zero-order chi connectivity index (χ0) is 15.1. The van der Waals surface area contributed by atoms with Crippen LogP contribution in [0.3, 0.4) is 0 Å². The predicted octanol–water partition coefficient (Wildman–Crippen LogP) is 0.416. The number of aliphatic hydroxyl groups is 3. The maximum atomic E-state index is 10.0. The van der Waals surface area contributed by atoms with E-state index in [1.165, 1.54) is 11.8 Å². The number of fused-ring (bicyclic) bond motifs is 1. The van der Waals surface area contributed by atoms with E-state index in [1.54, 1.807) is 6.07 Å². The molecule has 0 bridgehead atoms. The van der Waals surface area contributed by atoms with Crippen molar-refractivity contribution >= 4 is 22.8 Å². The number of ether oxygens (including phenoxy) is 1. The number of nitrogens with zero attached hydrogens (tertiary/aromatic N) is 2. The van der Waals surface area contributed by atoms with Gasteiger partial charge in [-0.15, -0.1) is 11.8 Å². The maximum Gasteiger partial charge on any atom is 0.173 e. The van der Waals surface area contributed by atoms with Crippen LogP contribution >= 0.6 is 11.8 Å². The predicted molar refractivity (Wildman–Crippen MR) is 80.3 cm³/mol. The summed E-state index contributed by atoms with van der Waals surface area (Å²) in [4.78, 5) is 4.47. The molecule has 3 N–H and O–H groups in total. The topological polar surface area (TPSA) is 87.7 Å². The summed E-state index contributed by atoms with van der Waals surface area (Å²) in [6.45, 7) is 1.91.